The van der Waals surface area contributed by atoms with Crippen molar-refractivity contribution in [1.82, 2.24) is 20.4 Å². The molecule has 1 unspecified atom stereocenters. The summed E-state index contributed by atoms with van der Waals surface area (Å²) >= 11 is 0. The van der Waals surface area contributed by atoms with Gasteiger partial charge in [0.2, 0.25) is 5.89 Å². The van der Waals surface area contributed by atoms with Crippen molar-refractivity contribution in [3.8, 4) is 0 Å². The Hall–Kier alpha value is -0.940. The fraction of sp³-hybridized carbons (Fsp3) is 0.833. The Labute approximate surface area is 102 Å². The highest BCUT2D eigenvalue weighted by atomic mass is 16.5. The normalized spacial score (nSPS) is 28.9. The van der Waals surface area contributed by atoms with Crippen LogP contribution in [-0.4, -0.2) is 41.7 Å². The maximum absolute atomic E-state index is 5.46. The zero-order valence-electron chi connectivity index (χ0n) is 10.6. The molecule has 0 bridgehead atoms. The number of likely N-dealkylation sites (N-methyl/N-ethyl adjacent to an activating group) is 1. The number of piperazine rings is 1. The van der Waals surface area contributed by atoms with Gasteiger partial charge in [0.05, 0.1) is 6.04 Å². The molecule has 2 heterocycles. The van der Waals surface area contributed by atoms with E-state index in [0.29, 0.717) is 0 Å². The average Bonchev–Trinajstić information content (AvgIpc) is 2.76. The Bertz CT molecular complexity index is 399. The van der Waals surface area contributed by atoms with Crippen molar-refractivity contribution in [3.05, 3.63) is 11.7 Å². The molecular weight excluding hydrogens is 216 g/mol. The largest absolute Gasteiger partial charge is 0.339 e. The van der Waals surface area contributed by atoms with Crippen LogP contribution in [0.15, 0.2) is 4.52 Å². The molecule has 0 aromatic carbocycles. The van der Waals surface area contributed by atoms with E-state index in [1.807, 2.05) is 0 Å². The van der Waals surface area contributed by atoms with E-state index in [2.05, 4.69) is 34.3 Å². The quantitative estimate of drug-likeness (QED) is 0.833. The summed E-state index contributed by atoms with van der Waals surface area (Å²) in [5, 5.41) is 7.55. The Morgan fingerprint density at radius 3 is 2.94 bits per heavy atom. The van der Waals surface area contributed by atoms with Gasteiger partial charge >= 0.3 is 0 Å². The first-order chi connectivity index (χ1) is 8.19. The summed E-state index contributed by atoms with van der Waals surface area (Å²) in [4.78, 5) is 6.90. The summed E-state index contributed by atoms with van der Waals surface area (Å²) in [6.07, 6.45) is 3.62. The van der Waals surface area contributed by atoms with Gasteiger partial charge in [0.15, 0.2) is 5.82 Å². The fourth-order valence-electron chi connectivity index (χ4n) is 2.63. The molecule has 1 aromatic rings. The number of nitrogens with zero attached hydrogens (tertiary/aromatic N) is 3. The van der Waals surface area contributed by atoms with Crippen LogP contribution in [0.3, 0.4) is 0 Å². The lowest BCUT2D eigenvalue weighted by molar-refractivity contribution is 0.184. The van der Waals surface area contributed by atoms with Gasteiger partial charge in [0, 0.05) is 25.0 Å². The van der Waals surface area contributed by atoms with Crippen molar-refractivity contribution in [2.45, 2.75) is 37.6 Å². The molecule has 1 aliphatic carbocycles. The predicted octanol–water partition coefficient (Wildman–Crippen LogP) is 1.09. The minimum atomic E-state index is 0.145. The molecule has 1 atom stereocenters. The molecule has 1 saturated carbocycles. The SMILES string of the molecule is CN1CCNCC1c1noc(C2(C)CCC2)n1. The van der Waals surface area contributed by atoms with Crippen LogP contribution < -0.4 is 5.32 Å². The zero-order chi connectivity index (χ0) is 11.9. The first kappa shape index (κ1) is 11.2. The van der Waals surface area contributed by atoms with Gasteiger partial charge < -0.3 is 9.84 Å². The van der Waals surface area contributed by atoms with Gasteiger partial charge in [-0.25, -0.2) is 0 Å². The van der Waals surface area contributed by atoms with E-state index in [9.17, 15) is 0 Å². The lowest BCUT2D eigenvalue weighted by Gasteiger charge is -2.34. The molecule has 0 radical (unpaired) electrons. The standard InChI is InChI=1S/C12H20N4O/c1-12(4-3-5-12)11-14-10(15-17-11)9-8-13-6-7-16(9)2/h9,13H,3-8H2,1-2H3. The number of rotatable bonds is 2. The monoisotopic (exact) mass is 236 g/mol. The number of nitrogens with one attached hydrogen (secondary N) is 1. The van der Waals surface area contributed by atoms with Crippen molar-refractivity contribution in [2.24, 2.45) is 0 Å². The van der Waals surface area contributed by atoms with Crippen LogP contribution >= 0.6 is 0 Å². The molecule has 17 heavy (non-hydrogen) atoms. The van der Waals surface area contributed by atoms with E-state index in [1.54, 1.807) is 0 Å². The fourth-order valence-corrected chi connectivity index (χ4v) is 2.63. The van der Waals surface area contributed by atoms with Crippen LogP contribution in [0.4, 0.5) is 0 Å². The molecule has 1 aromatic heterocycles. The van der Waals surface area contributed by atoms with Crippen LogP contribution in [0.5, 0.6) is 0 Å². The Balaban J connectivity index is 1.79. The van der Waals surface area contributed by atoms with E-state index in [0.717, 1.165) is 31.3 Å². The lowest BCUT2D eigenvalue weighted by atomic mass is 9.70. The Kier molecular flexibility index (Phi) is 2.67. The van der Waals surface area contributed by atoms with Crippen LogP contribution in [0.1, 0.15) is 43.9 Å². The summed E-state index contributed by atoms with van der Waals surface area (Å²) in [6.45, 7) is 5.20. The first-order valence-corrected chi connectivity index (χ1v) is 6.44. The molecular formula is C12H20N4O. The molecule has 2 fully saturated rings. The summed E-state index contributed by atoms with van der Waals surface area (Å²) in [6, 6.07) is 0.255. The molecule has 1 N–H and O–H groups in total. The number of hydrogen-bond acceptors (Lipinski definition) is 5. The van der Waals surface area contributed by atoms with Gasteiger partial charge in [-0.05, 0) is 19.9 Å². The third-order valence-corrected chi connectivity index (χ3v) is 4.22. The van der Waals surface area contributed by atoms with Crippen molar-refractivity contribution in [1.29, 1.82) is 0 Å². The highest BCUT2D eigenvalue weighted by molar-refractivity contribution is 5.09. The van der Waals surface area contributed by atoms with Crippen molar-refractivity contribution in [2.75, 3.05) is 26.7 Å². The second kappa shape index (κ2) is 4.07. The summed E-state index contributed by atoms with van der Waals surface area (Å²) in [5.74, 6) is 1.67. The van der Waals surface area contributed by atoms with E-state index in [-0.39, 0.29) is 11.5 Å². The average molecular weight is 236 g/mol. The van der Waals surface area contributed by atoms with Crippen LogP contribution in [0.2, 0.25) is 0 Å². The Morgan fingerprint density at radius 1 is 1.47 bits per heavy atom. The van der Waals surface area contributed by atoms with Gasteiger partial charge in [-0.2, -0.15) is 4.98 Å². The Morgan fingerprint density at radius 2 is 2.29 bits per heavy atom. The maximum atomic E-state index is 5.46. The molecule has 0 spiro atoms. The topological polar surface area (TPSA) is 54.2 Å². The molecule has 2 aliphatic rings. The van der Waals surface area contributed by atoms with E-state index in [1.165, 1.54) is 19.3 Å². The van der Waals surface area contributed by atoms with Gasteiger partial charge in [-0.1, -0.05) is 18.5 Å². The first-order valence-electron chi connectivity index (χ1n) is 6.44. The highest BCUT2D eigenvalue weighted by Crippen LogP contribution is 2.42. The third kappa shape index (κ3) is 1.87. The van der Waals surface area contributed by atoms with Gasteiger partial charge in [-0.3, -0.25) is 4.90 Å². The number of aromatic nitrogens is 2. The molecule has 5 heteroatoms. The van der Waals surface area contributed by atoms with Crippen molar-refractivity contribution >= 4 is 0 Å². The van der Waals surface area contributed by atoms with Gasteiger partial charge in [0.1, 0.15) is 0 Å². The molecule has 5 nitrogen and oxygen atoms in total. The number of hydrogen-bond donors (Lipinski definition) is 1. The van der Waals surface area contributed by atoms with Gasteiger partial charge in [-0.15, -0.1) is 0 Å². The summed E-state index contributed by atoms with van der Waals surface area (Å²) < 4.78 is 5.46. The molecule has 94 valence electrons. The van der Waals surface area contributed by atoms with E-state index < -0.39 is 0 Å². The highest BCUT2D eigenvalue weighted by Gasteiger charge is 2.39. The van der Waals surface area contributed by atoms with E-state index in [4.69, 9.17) is 4.52 Å². The van der Waals surface area contributed by atoms with Crippen molar-refractivity contribution in [3.63, 3.8) is 0 Å². The molecule has 3 rings (SSSR count). The minimum Gasteiger partial charge on any atom is -0.339 e. The predicted molar refractivity (Wildman–Crippen MR) is 63.7 cm³/mol. The van der Waals surface area contributed by atoms with Crippen LogP contribution in [0, 0.1) is 0 Å². The minimum absolute atomic E-state index is 0.145. The third-order valence-electron chi connectivity index (χ3n) is 4.22. The maximum Gasteiger partial charge on any atom is 0.232 e. The van der Waals surface area contributed by atoms with E-state index >= 15 is 0 Å². The molecule has 1 aliphatic heterocycles. The van der Waals surface area contributed by atoms with Crippen LogP contribution in [-0.2, 0) is 5.41 Å². The second-order valence-corrected chi connectivity index (χ2v) is 5.57. The van der Waals surface area contributed by atoms with Crippen molar-refractivity contribution < 1.29 is 4.52 Å². The summed E-state index contributed by atoms with van der Waals surface area (Å²) in [7, 11) is 2.12. The molecule has 0 amide bonds. The lowest BCUT2D eigenvalue weighted by Crippen LogP contribution is -2.44. The smallest absolute Gasteiger partial charge is 0.232 e. The second-order valence-electron chi connectivity index (χ2n) is 5.57. The van der Waals surface area contributed by atoms with Crippen LogP contribution in [0.25, 0.3) is 0 Å². The van der Waals surface area contributed by atoms with Gasteiger partial charge in [0.25, 0.3) is 0 Å². The molecule has 1 saturated heterocycles. The zero-order valence-corrected chi connectivity index (χ0v) is 10.6. The summed E-state index contributed by atoms with van der Waals surface area (Å²) in [5.41, 5.74) is 0.145.